The number of hydrogen-bond donors (Lipinski definition) is 2. The van der Waals surface area contributed by atoms with E-state index in [1.54, 1.807) is 0 Å². The molecule has 6 nitrogen and oxygen atoms in total. The first kappa shape index (κ1) is 18.1. The molecule has 2 N–H and O–H groups in total. The second-order valence-electron chi connectivity index (χ2n) is 6.23. The first-order valence-electron chi connectivity index (χ1n) is 8.26. The van der Waals surface area contributed by atoms with Gasteiger partial charge in [0.05, 0.1) is 28.3 Å². The highest BCUT2D eigenvalue weighted by Crippen LogP contribution is 2.34. The van der Waals surface area contributed by atoms with E-state index in [9.17, 15) is 18.0 Å². The number of aromatic nitrogens is 2. The number of nitrogens with one attached hydrogen (secondary N) is 2. The Labute approximate surface area is 149 Å². The number of anilines is 2. The number of aromatic amines is 1. The number of piperazine rings is 1. The molecule has 26 heavy (non-hydrogen) atoms. The number of carbonyl (C=O) groups excluding carboxylic acids is 1. The van der Waals surface area contributed by atoms with Gasteiger partial charge in [0.2, 0.25) is 0 Å². The molecular formula is C17H20F3N5O. The summed E-state index contributed by atoms with van der Waals surface area (Å²) < 4.78 is 39.1. The summed E-state index contributed by atoms with van der Waals surface area (Å²) in [6.45, 7) is 5.87. The van der Waals surface area contributed by atoms with Gasteiger partial charge in [0.25, 0.3) is 0 Å². The summed E-state index contributed by atoms with van der Waals surface area (Å²) in [6, 6.07) is 4.45. The molecular weight excluding hydrogens is 347 g/mol. The van der Waals surface area contributed by atoms with Crippen LogP contribution < -0.4 is 10.2 Å². The van der Waals surface area contributed by atoms with E-state index in [0.29, 0.717) is 26.2 Å². The molecule has 0 unspecified atom stereocenters. The van der Waals surface area contributed by atoms with Crippen LogP contribution in [0.5, 0.6) is 0 Å². The van der Waals surface area contributed by atoms with E-state index in [1.807, 2.05) is 13.8 Å². The zero-order valence-corrected chi connectivity index (χ0v) is 14.5. The predicted octanol–water partition coefficient (Wildman–Crippen LogP) is 3.40. The highest BCUT2D eigenvalue weighted by atomic mass is 19.4. The molecule has 1 saturated heterocycles. The summed E-state index contributed by atoms with van der Waals surface area (Å²) in [6.07, 6.45) is -4.51. The summed E-state index contributed by atoms with van der Waals surface area (Å²) in [7, 11) is 0. The Morgan fingerprint density at radius 2 is 1.81 bits per heavy atom. The van der Waals surface area contributed by atoms with Gasteiger partial charge in [-0.1, -0.05) is 12.1 Å². The Bertz CT molecular complexity index is 774. The van der Waals surface area contributed by atoms with Crippen LogP contribution in [0.2, 0.25) is 0 Å². The number of para-hydroxylation sites is 1. The van der Waals surface area contributed by atoms with Crippen LogP contribution in [0.1, 0.15) is 17.0 Å². The molecule has 1 aliphatic heterocycles. The molecule has 0 spiro atoms. The zero-order valence-electron chi connectivity index (χ0n) is 14.5. The van der Waals surface area contributed by atoms with Crippen molar-refractivity contribution in [3.8, 4) is 0 Å². The van der Waals surface area contributed by atoms with Crippen LogP contribution in [0.3, 0.4) is 0 Å². The first-order chi connectivity index (χ1) is 12.3. The lowest BCUT2D eigenvalue weighted by Crippen LogP contribution is -2.50. The molecule has 2 amide bonds. The maximum atomic E-state index is 13.0. The smallest absolute Gasteiger partial charge is 0.365 e. The molecule has 1 aromatic carbocycles. The average molecular weight is 367 g/mol. The highest BCUT2D eigenvalue weighted by molar-refractivity contribution is 5.90. The Hall–Kier alpha value is -2.71. The molecule has 3 rings (SSSR count). The molecule has 1 aromatic heterocycles. The molecule has 2 heterocycles. The van der Waals surface area contributed by atoms with Gasteiger partial charge in [-0.2, -0.15) is 18.3 Å². The van der Waals surface area contributed by atoms with Gasteiger partial charge in [0, 0.05) is 26.2 Å². The van der Waals surface area contributed by atoms with Crippen molar-refractivity contribution in [1.29, 1.82) is 0 Å². The number of urea groups is 1. The summed E-state index contributed by atoms with van der Waals surface area (Å²) in [5.74, 6) is 0. The lowest BCUT2D eigenvalue weighted by molar-refractivity contribution is -0.136. The molecule has 1 aliphatic rings. The van der Waals surface area contributed by atoms with E-state index in [0.717, 1.165) is 23.1 Å². The number of alkyl halides is 3. The molecule has 1 fully saturated rings. The normalized spacial score (nSPS) is 15.3. The van der Waals surface area contributed by atoms with Crippen molar-refractivity contribution in [2.45, 2.75) is 20.0 Å². The van der Waals surface area contributed by atoms with Gasteiger partial charge in [0.1, 0.15) is 0 Å². The number of rotatable bonds is 2. The topological polar surface area (TPSA) is 64.3 Å². The summed E-state index contributed by atoms with van der Waals surface area (Å²) in [5, 5.41) is 9.49. The summed E-state index contributed by atoms with van der Waals surface area (Å²) in [5.41, 5.74) is 1.79. The van der Waals surface area contributed by atoms with Crippen LogP contribution in [0.25, 0.3) is 0 Å². The molecule has 0 saturated carbocycles. The number of nitrogens with zero attached hydrogens (tertiary/aromatic N) is 3. The maximum absolute atomic E-state index is 13.0. The van der Waals surface area contributed by atoms with E-state index >= 15 is 0 Å². The van der Waals surface area contributed by atoms with Crippen molar-refractivity contribution in [2.24, 2.45) is 0 Å². The predicted molar refractivity (Wildman–Crippen MR) is 92.3 cm³/mol. The van der Waals surface area contributed by atoms with Gasteiger partial charge in [-0.3, -0.25) is 5.10 Å². The van der Waals surface area contributed by atoms with Crippen molar-refractivity contribution < 1.29 is 18.0 Å². The molecule has 0 aliphatic carbocycles. The largest absolute Gasteiger partial charge is 0.418 e. The SMILES string of the molecule is Cc1n[nH]c(C)c1N1CCN(C(=O)Nc2ccccc2C(F)(F)F)CC1. The van der Waals surface area contributed by atoms with E-state index in [2.05, 4.69) is 20.4 Å². The van der Waals surface area contributed by atoms with Crippen LogP contribution in [-0.4, -0.2) is 47.3 Å². The zero-order chi connectivity index (χ0) is 18.9. The van der Waals surface area contributed by atoms with Crippen LogP contribution >= 0.6 is 0 Å². The molecule has 0 radical (unpaired) electrons. The fraction of sp³-hybridized carbons (Fsp3) is 0.412. The molecule has 9 heteroatoms. The van der Waals surface area contributed by atoms with Gasteiger partial charge in [0.15, 0.2) is 0 Å². The lowest BCUT2D eigenvalue weighted by Gasteiger charge is -2.36. The number of amides is 2. The third-order valence-corrected chi connectivity index (χ3v) is 4.45. The standard InChI is InChI=1S/C17H20F3N5O/c1-11-15(12(2)23-22-11)24-7-9-25(10-8-24)16(26)21-14-6-4-3-5-13(14)17(18,19)20/h3-6H,7-10H2,1-2H3,(H,21,26)(H,22,23). The number of carbonyl (C=O) groups is 1. The van der Waals surface area contributed by atoms with Crippen LogP contribution in [0.15, 0.2) is 24.3 Å². The van der Waals surface area contributed by atoms with Gasteiger partial charge >= 0.3 is 12.2 Å². The third-order valence-electron chi connectivity index (χ3n) is 4.45. The van der Waals surface area contributed by atoms with Crippen molar-refractivity contribution in [3.63, 3.8) is 0 Å². The second-order valence-corrected chi connectivity index (χ2v) is 6.23. The maximum Gasteiger partial charge on any atom is 0.418 e. The van der Waals surface area contributed by atoms with Crippen LogP contribution in [0.4, 0.5) is 29.3 Å². The van der Waals surface area contributed by atoms with Gasteiger partial charge in [-0.25, -0.2) is 4.79 Å². The quantitative estimate of drug-likeness (QED) is 0.855. The van der Waals surface area contributed by atoms with Crippen LogP contribution in [-0.2, 0) is 6.18 Å². The fourth-order valence-corrected chi connectivity index (χ4v) is 3.18. The number of H-pyrrole nitrogens is 1. The first-order valence-corrected chi connectivity index (χ1v) is 8.26. The Morgan fingerprint density at radius 3 is 2.38 bits per heavy atom. The Kier molecular flexibility index (Phi) is 4.80. The van der Waals surface area contributed by atoms with Gasteiger partial charge in [-0.15, -0.1) is 0 Å². The molecule has 2 aromatic rings. The van der Waals surface area contributed by atoms with Crippen molar-refractivity contribution in [2.75, 3.05) is 36.4 Å². The van der Waals surface area contributed by atoms with Gasteiger partial charge in [-0.05, 0) is 26.0 Å². The van der Waals surface area contributed by atoms with E-state index in [-0.39, 0.29) is 5.69 Å². The minimum absolute atomic E-state index is 0.228. The van der Waals surface area contributed by atoms with Crippen molar-refractivity contribution >= 4 is 17.4 Å². The minimum atomic E-state index is -4.51. The van der Waals surface area contributed by atoms with E-state index in [4.69, 9.17) is 0 Å². The Balaban J connectivity index is 1.65. The fourth-order valence-electron chi connectivity index (χ4n) is 3.18. The third kappa shape index (κ3) is 3.61. The van der Waals surface area contributed by atoms with E-state index < -0.39 is 17.8 Å². The number of halogens is 3. The van der Waals surface area contributed by atoms with Crippen LogP contribution in [0, 0.1) is 13.8 Å². The average Bonchev–Trinajstić information content (AvgIpc) is 2.93. The minimum Gasteiger partial charge on any atom is -0.365 e. The van der Waals surface area contributed by atoms with E-state index in [1.165, 1.54) is 23.1 Å². The van der Waals surface area contributed by atoms with Crippen molar-refractivity contribution in [3.05, 3.63) is 41.2 Å². The highest BCUT2D eigenvalue weighted by Gasteiger charge is 2.34. The molecule has 140 valence electrons. The number of aryl methyl sites for hydroxylation is 2. The van der Waals surface area contributed by atoms with Gasteiger partial charge < -0.3 is 15.1 Å². The summed E-state index contributed by atoms with van der Waals surface area (Å²) in [4.78, 5) is 16.0. The number of benzene rings is 1. The monoisotopic (exact) mass is 367 g/mol. The lowest BCUT2D eigenvalue weighted by atomic mass is 10.1. The Morgan fingerprint density at radius 1 is 1.15 bits per heavy atom. The summed E-state index contributed by atoms with van der Waals surface area (Å²) >= 11 is 0. The number of hydrogen-bond acceptors (Lipinski definition) is 3. The second kappa shape index (κ2) is 6.89. The van der Waals surface area contributed by atoms with Crippen molar-refractivity contribution in [1.82, 2.24) is 15.1 Å². The molecule has 0 atom stereocenters. The molecule has 0 bridgehead atoms.